The number of hydrogen-bond acceptors (Lipinski definition) is 4. The molecule has 2 aromatic carbocycles. The average Bonchev–Trinajstić information content (AvgIpc) is 2.62. The molecule has 26 heavy (non-hydrogen) atoms. The van der Waals surface area contributed by atoms with Crippen LogP contribution in [0.2, 0.25) is 0 Å². The molecule has 0 aromatic heterocycles. The first-order valence-corrected chi connectivity index (χ1v) is 9.08. The molecular weight excluding hydrogens is 355 g/mol. The molecule has 0 heterocycles. The fraction of sp³-hybridized carbons (Fsp3) is 0.263. The largest absolute Gasteiger partial charge is 0.494 e. The summed E-state index contributed by atoms with van der Waals surface area (Å²) in [5.74, 6) is 0.298. The van der Waals surface area contributed by atoms with E-state index in [1.54, 1.807) is 50.5 Å². The van der Waals surface area contributed by atoms with Gasteiger partial charge in [-0.25, -0.2) is 4.39 Å². The predicted molar refractivity (Wildman–Crippen MR) is 102 cm³/mol. The van der Waals surface area contributed by atoms with Crippen molar-refractivity contribution in [3.05, 3.63) is 59.4 Å². The Kier molecular flexibility index (Phi) is 7.03. The van der Waals surface area contributed by atoms with Crippen LogP contribution in [0.5, 0.6) is 5.75 Å². The van der Waals surface area contributed by atoms with Crippen LogP contribution in [0.15, 0.2) is 42.5 Å². The topological polar surface area (TPSA) is 58.6 Å². The molecule has 0 aliphatic heterocycles. The monoisotopic (exact) mass is 376 g/mol. The van der Waals surface area contributed by atoms with Crippen LogP contribution in [-0.4, -0.2) is 43.7 Å². The van der Waals surface area contributed by atoms with Gasteiger partial charge in [-0.1, -0.05) is 6.07 Å². The third-order valence-corrected chi connectivity index (χ3v) is 4.54. The Morgan fingerprint density at radius 3 is 2.42 bits per heavy atom. The lowest BCUT2D eigenvalue weighted by Crippen LogP contribution is -2.21. The molecule has 5 nitrogen and oxygen atoms in total. The van der Waals surface area contributed by atoms with Gasteiger partial charge < -0.3 is 15.0 Å². The van der Waals surface area contributed by atoms with E-state index in [0.717, 1.165) is 5.56 Å². The number of anilines is 1. The van der Waals surface area contributed by atoms with Gasteiger partial charge in [-0.05, 0) is 42.0 Å². The van der Waals surface area contributed by atoms with Crippen LogP contribution < -0.4 is 10.1 Å². The Bertz CT molecular complexity index is 779. The standard InChI is InChI=1S/C19H21FN2O3S/c1-22(2)19(24)14-5-7-15(8-6-14)21-18(23)12-26-11-13-4-9-17(25-3)16(20)10-13/h4-10H,11-12H2,1-3H3,(H,21,23). The van der Waals surface area contributed by atoms with Crippen LogP contribution in [-0.2, 0) is 10.5 Å². The van der Waals surface area contributed by atoms with Gasteiger partial charge in [-0.15, -0.1) is 11.8 Å². The number of halogens is 1. The van der Waals surface area contributed by atoms with E-state index in [-0.39, 0.29) is 23.3 Å². The Morgan fingerprint density at radius 1 is 1.15 bits per heavy atom. The Hall–Kier alpha value is -2.54. The van der Waals surface area contributed by atoms with Crippen molar-refractivity contribution < 1.29 is 18.7 Å². The molecule has 0 saturated heterocycles. The molecule has 7 heteroatoms. The zero-order valence-corrected chi connectivity index (χ0v) is 15.7. The van der Waals surface area contributed by atoms with Gasteiger partial charge in [0.1, 0.15) is 0 Å². The van der Waals surface area contributed by atoms with E-state index in [9.17, 15) is 14.0 Å². The second-order valence-corrected chi connectivity index (χ2v) is 6.77. The molecule has 0 atom stereocenters. The number of hydrogen-bond donors (Lipinski definition) is 1. The number of nitrogens with one attached hydrogen (secondary N) is 1. The molecule has 0 bridgehead atoms. The van der Waals surface area contributed by atoms with E-state index in [1.807, 2.05) is 0 Å². The van der Waals surface area contributed by atoms with Gasteiger partial charge in [-0.3, -0.25) is 9.59 Å². The summed E-state index contributed by atoms with van der Waals surface area (Å²) in [6.45, 7) is 0. The number of nitrogens with zero attached hydrogens (tertiary/aromatic N) is 1. The highest BCUT2D eigenvalue weighted by Gasteiger charge is 2.09. The summed E-state index contributed by atoms with van der Waals surface area (Å²) in [5, 5.41) is 2.77. The summed E-state index contributed by atoms with van der Waals surface area (Å²) in [7, 11) is 4.79. The second kappa shape index (κ2) is 9.24. The SMILES string of the molecule is COc1ccc(CSCC(=O)Nc2ccc(C(=O)N(C)C)cc2)cc1F. The number of benzene rings is 2. The Morgan fingerprint density at radius 2 is 1.85 bits per heavy atom. The summed E-state index contributed by atoms with van der Waals surface area (Å²) in [5.41, 5.74) is 1.97. The van der Waals surface area contributed by atoms with Crippen molar-refractivity contribution in [3.8, 4) is 5.75 Å². The van der Waals surface area contributed by atoms with E-state index in [2.05, 4.69) is 5.32 Å². The lowest BCUT2D eigenvalue weighted by atomic mass is 10.2. The van der Waals surface area contributed by atoms with Crippen molar-refractivity contribution in [3.63, 3.8) is 0 Å². The molecule has 0 saturated carbocycles. The summed E-state index contributed by atoms with van der Waals surface area (Å²) < 4.78 is 18.5. The molecule has 1 N–H and O–H groups in total. The summed E-state index contributed by atoms with van der Waals surface area (Å²) in [4.78, 5) is 25.3. The maximum atomic E-state index is 13.6. The van der Waals surface area contributed by atoms with E-state index in [1.165, 1.54) is 29.8 Å². The molecule has 0 unspecified atom stereocenters. The number of carbonyl (C=O) groups is 2. The fourth-order valence-electron chi connectivity index (χ4n) is 2.21. The summed E-state index contributed by atoms with van der Waals surface area (Å²) >= 11 is 1.39. The van der Waals surface area contributed by atoms with Gasteiger partial charge in [0.05, 0.1) is 12.9 Å². The first kappa shape index (κ1) is 19.8. The van der Waals surface area contributed by atoms with E-state index in [0.29, 0.717) is 17.0 Å². The van der Waals surface area contributed by atoms with Gasteiger partial charge in [0.15, 0.2) is 11.6 Å². The van der Waals surface area contributed by atoms with Crippen molar-refractivity contribution in [1.29, 1.82) is 0 Å². The minimum Gasteiger partial charge on any atom is -0.494 e. The third kappa shape index (κ3) is 5.49. The lowest BCUT2D eigenvalue weighted by molar-refractivity contribution is -0.113. The van der Waals surface area contributed by atoms with Gasteiger partial charge in [0.25, 0.3) is 5.91 Å². The van der Waals surface area contributed by atoms with Crippen LogP contribution in [0.4, 0.5) is 10.1 Å². The van der Waals surface area contributed by atoms with E-state index < -0.39 is 5.82 Å². The van der Waals surface area contributed by atoms with E-state index in [4.69, 9.17) is 4.74 Å². The average molecular weight is 376 g/mol. The van der Waals surface area contributed by atoms with Crippen molar-refractivity contribution >= 4 is 29.3 Å². The molecule has 0 fully saturated rings. The van der Waals surface area contributed by atoms with Gasteiger partial charge >= 0.3 is 0 Å². The number of thioether (sulfide) groups is 1. The predicted octanol–water partition coefficient (Wildman–Crippen LogP) is 3.41. The maximum absolute atomic E-state index is 13.6. The molecule has 0 aliphatic carbocycles. The molecule has 138 valence electrons. The zero-order valence-electron chi connectivity index (χ0n) is 14.9. The smallest absolute Gasteiger partial charge is 0.253 e. The van der Waals surface area contributed by atoms with Crippen molar-refractivity contribution in [2.45, 2.75) is 5.75 Å². The third-order valence-electron chi connectivity index (χ3n) is 3.54. The first-order valence-electron chi connectivity index (χ1n) is 7.92. The quantitative estimate of drug-likeness (QED) is 0.805. The van der Waals surface area contributed by atoms with Crippen LogP contribution in [0.3, 0.4) is 0 Å². The van der Waals surface area contributed by atoms with Crippen LogP contribution in [0.1, 0.15) is 15.9 Å². The molecule has 0 aliphatic rings. The van der Waals surface area contributed by atoms with Crippen molar-refractivity contribution in [2.24, 2.45) is 0 Å². The highest BCUT2D eigenvalue weighted by Crippen LogP contribution is 2.21. The number of rotatable bonds is 7. The highest BCUT2D eigenvalue weighted by molar-refractivity contribution is 7.99. The summed E-state index contributed by atoms with van der Waals surface area (Å²) in [6.07, 6.45) is 0. The number of methoxy groups -OCH3 is 1. The molecule has 0 spiro atoms. The van der Waals surface area contributed by atoms with E-state index >= 15 is 0 Å². The molecule has 2 aromatic rings. The Labute approximate surface area is 156 Å². The van der Waals surface area contributed by atoms with Gasteiger partial charge in [-0.2, -0.15) is 0 Å². The highest BCUT2D eigenvalue weighted by atomic mass is 32.2. The van der Waals surface area contributed by atoms with Crippen LogP contribution >= 0.6 is 11.8 Å². The minimum atomic E-state index is -0.414. The normalized spacial score (nSPS) is 10.3. The molecule has 2 rings (SSSR count). The summed E-state index contributed by atoms with van der Waals surface area (Å²) in [6, 6.07) is 11.5. The van der Waals surface area contributed by atoms with Gasteiger partial charge in [0.2, 0.25) is 5.91 Å². The van der Waals surface area contributed by atoms with Gasteiger partial charge in [0, 0.05) is 31.1 Å². The van der Waals surface area contributed by atoms with Crippen LogP contribution in [0.25, 0.3) is 0 Å². The number of amides is 2. The molecule has 2 amide bonds. The van der Waals surface area contributed by atoms with Crippen LogP contribution in [0, 0.1) is 5.82 Å². The first-order chi connectivity index (χ1) is 12.4. The number of ether oxygens (including phenoxy) is 1. The maximum Gasteiger partial charge on any atom is 0.253 e. The zero-order chi connectivity index (χ0) is 19.1. The minimum absolute atomic E-state index is 0.0924. The molecular formula is C19H21FN2O3S. The number of carbonyl (C=O) groups excluding carboxylic acids is 2. The Balaban J connectivity index is 1.81. The van der Waals surface area contributed by atoms with Crippen molar-refractivity contribution in [1.82, 2.24) is 4.90 Å². The second-order valence-electron chi connectivity index (χ2n) is 5.79. The van der Waals surface area contributed by atoms with Crippen molar-refractivity contribution in [2.75, 3.05) is 32.3 Å². The molecule has 0 radical (unpaired) electrons. The fourth-order valence-corrected chi connectivity index (χ4v) is 2.99. The lowest BCUT2D eigenvalue weighted by Gasteiger charge is -2.11.